The van der Waals surface area contributed by atoms with Gasteiger partial charge in [0.1, 0.15) is 5.56 Å². The SMILES string of the molecule is CCOc1ncccc1C(=O)OCC(=O)N1CCN(C(=O)c2ccco2)CC1. The summed E-state index contributed by atoms with van der Waals surface area (Å²) < 4.78 is 15.5. The number of piperazine rings is 1. The van der Waals surface area contributed by atoms with Crippen LogP contribution in [0.3, 0.4) is 0 Å². The van der Waals surface area contributed by atoms with E-state index in [0.29, 0.717) is 32.8 Å². The zero-order valence-corrected chi connectivity index (χ0v) is 15.5. The van der Waals surface area contributed by atoms with E-state index in [1.54, 1.807) is 34.9 Å². The third-order valence-electron chi connectivity index (χ3n) is 4.25. The maximum Gasteiger partial charge on any atom is 0.344 e. The van der Waals surface area contributed by atoms with E-state index in [1.807, 2.05) is 0 Å². The lowest BCUT2D eigenvalue weighted by Gasteiger charge is -2.34. The van der Waals surface area contributed by atoms with Crippen molar-refractivity contribution in [3.8, 4) is 5.88 Å². The molecule has 2 amide bonds. The third-order valence-corrected chi connectivity index (χ3v) is 4.25. The molecule has 9 nitrogen and oxygen atoms in total. The first-order valence-corrected chi connectivity index (χ1v) is 8.95. The maximum absolute atomic E-state index is 12.3. The Morgan fingerprint density at radius 3 is 2.54 bits per heavy atom. The van der Waals surface area contributed by atoms with Gasteiger partial charge in [-0.05, 0) is 31.2 Å². The molecular formula is C19H21N3O6. The molecule has 28 heavy (non-hydrogen) atoms. The molecule has 0 N–H and O–H groups in total. The number of carbonyl (C=O) groups excluding carboxylic acids is 3. The molecular weight excluding hydrogens is 366 g/mol. The molecule has 3 heterocycles. The largest absolute Gasteiger partial charge is 0.477 e. The van der Waals surface area contributed by atoms with Gasteiger partial charge < -0.3 is 23.7 Å². The van der Waals surface area contributed by atoms with Gasteiger partial charge >= 0.3 is 5.97 Å². The van der Waals surface area contributed by atoms with Gasteiger partial charge in [0.05, 0.1) is 12.9 Å². The lowest BCUT2D eigenvalue weighted by atomic mass is 10.2. The number of ether oxygens (including phenoxy) is 2. The number of hydrogen-bond acceptors (Lipinski definition) is 7. The summed E-state index contributed by atoms with van der Waals surface area (Å²) in [5.74, 6) is -0.747. The van der Waals surface area contributed by atoms with Crippen LogP contribution in [0.5, 0.6) is 5.88 Å². The zero-order chi connectivity index (χ0) is 19.9. The molecule has 0 aromatic carbocycles. The van der Waals surface area contributed by atoms with Gasteiger partial charge in [0.2, 0.25) is 5.88 Å². The van der Waals surface area contributed by atoms with Crippen molar-refractivity contribution in [2.45, 2.75) is 6.92 Å². The van der Waals surface area contributed by atoms with Crippen molar-refractivity contribution < 1.29 is 28.3 Å². The van der Waals surface area contributed by atoms with Crippen LogP contribution in [-0.4, -0.2) is 72.0 Å². The summed E-state index contributed by atoms with van der Waals surface area (Å²) >= 11 is 0. The number of carbonyl (C=O) groups is 3. The van der Waals surface area contributed by atoms with Crippen LogP contribution in [0.4, 0.5) is 0 Å². The second-order valence-electron chi connectivity index (χ2n) is 6.02. The van der Waals surface area contributed by atoms with Gasteiger partial charge in [0, 0.05) is 32.4 Å². The van der Waals surface area contributed by atoms with Crippen molar-refractivity contribution in [1.29, 1.82) is 0 Å². The van der Waals surface area contributed by atoms with Gasteiger partial charge in [-0.15, -0.1) is 0 Å². The van der Waals surface area contributed by atoms with Gasteiger partial charge in [-0.3, -0.25) is 9.59 Å². The summed E-state index contributed by atoms with van der Waals surface area (Å²) in [6.07, 6.45) is 2.96. The number of hydrogen-bond donors (Lipinski definition) is 0. The highest BCUT2D eigenvalue weighted by Crippen LogP contribution is 2.16. The summed E-state index contributed by atoms with van der Waals surface area (Å²) in [6.45, 7) is 3.25. The molecule has 0 bridgehead atoms. The van der Waals surface area contributed by atoms with Crippen LogP contribution in [0, 0.1) is 0 Å². The Labute approximate surface area is 161 Å². The number of nitrogens with zero attached hydrogens (tertiary/aromatic N) is 3. The summed E-state index contributed by atoms with van der Waals surface area (Å²) in [7, 11) is 0. The van der Waals surface area contributed by atoms with Gasteiger partial charge in [0.25, 0.3) is 11.8 Å². The van der Waals surface area contributed by atoms with E-state index in [1.165, 1.54) is 18.5 Å². The average Bonchev–Trinajstić information content (AvgIpc) is 3.27. The minimum Gasteiger partial charge on any atom is -0.477 e. The first-order chi connectivity index (χ1) is 13.6. The first kappa shape index (κ1) is 19.4. The molecule has 148 valence electrons. The number of pyridine rings is 1. The van der Waals surface area contributed by atoms with E-state index >= 15 is 0 Å². The van der Waals surface area contributed by atoms with Crippen LogP contribution in [0.1, 0.15) is 27.8 Å². The standard InChI is InChI=1S/C19H21N3O6/c1-2-26-17-14(5-3-7-20-17)19(25)28-13-16(23)21-8-10-22(11-9-21)18(24)15-6-4-12-27-15/h3-7,12H,2,8-11,13H2,1H3. The quantitative estimate of drug-likeness (QED) is 0.687. The Morgan fingerprint density at radius 2 is 1.86 bits per heavy atom. The molecule has 0 spiro atoms. The summed E-state index contributed by atoms with van der Waals surface area (Å²) in [5.41, 5.74) is 0.172. The number of furan rings is 1. The third kappa shape index (κ3) is 4.48. The number of rotatable bonds is 6. The van der Waals surface area contributed by atoms with E-state index < -0.39 is 5.97 Å². The van der Waals surface area contributed by atoms with E-state index in [4.69, 9.17) is 13.9 Å². The zero-order valence-electron chi connectivity index (χ0n) is 15.5. The van der Waals surface area contributed by atoms with Crippen molar-refractivity contribution in [1.82, 2.24) is 14.8 Å². The van der Waals surface area contributed by atoms with E-state index in [0.717, 1.165) is 0 Å². The van der Waals surface area contributed by atoms with Crippen molar-refractivity contribution >= 4 is 17.8 Å². The molecule has 1 fully saturated rings. The summed E-state index contributed by atoms with van der Waals surface area (Å²) in [5, 5.41) is 0. The highest BCUT2D eigenvalue weighted by atomic mass is 16.5. The smallest absolute Gasteiger partial charge is 0.344 e. The van der Waals surface area contributed by atoms with E-state index in [-0.39, 0.29) is 35.6 Å². The summed E-state index contributed by atoms with van der Waals surface area (Å²) in [4.78, 5) is 44.0. The van der Waals surface area contributed by atoms with Gasteiger partial charge in [0.15, 0.2) is 12.4 Å². The van der Waals surface area contributed by atoms with Gasteiger partial charge in [-0.25, -0.2) is 9.78 Å². The fraction of sp³-hybridized carbons (Fsp3) is 0.368. The van der Waals surface area contributed by atoms with Crippen LogP contribution < -0.4 is 4.74 Å². The number of aromatic nitrogens is 1. The summed E-state index contributed by atoms with van der Waals surface area (Å²) in [6, 6.07) is 6.38. The Kier molecular flexibility index (Phi) is 6.25. The second-order valence-corrected chi connectivity index (χ2v) is 6.02. The average molecular weight is 387 g/mol. The van der Waals surface area contributed by atoms with Gasteiger partial charge in [-0.1, -0.05) is 0 Å². The Hall–Kier alpha value is -3.36. The topological polar surface area (TPSA) is 102 Å². The predicted octanol–water partition coefficient (Wildman–Crippen LogP) is 1.21. The van der Waals surface area contributed by atoms with Crippen LogP contribution in [-0.2, 0) is 9.53 Å². The number of amides is 2. The highest BCUT2D eigenvalue weighted by Gasteiger charge is 2.27. The second kappa shape index (κ2) is 9.03. The van der Waals surface area contributed by atoms with Gasteiger partial charge in [-0.2, -0.15) is 0 Å². The molecule has 0 aliphatic carbocycles. The molecule has 2 aromatic heterocycles. The molecule has 2 aromatic rings. The van der Waals surface area contributed by atoms with Crippen molar-refractivity contribution in [3.63, 3.8) is 0 Å². The predicted molar refractivity (Wildman–Crippen MR) is 96.9 cm³/mol. The molecule has 9 heteroatoms. The molecule has 1 saturated heterocycles. The van der Waals surface area contributed by atoms with Crippen molar-refractivity contribution in [2.75, 3.05) is 39.4 Å². The lowest BCUT2D eigenvalue weighted by Crippen LogP contribution is -2.51. The monoisotopic (exact) mass is 387 g/mol. The fourth-order valence-corrected chi connectivity index (χ4v) is 2.81. The number of esters is 1. The molecule has 0 atom stereocenters. The molecule has 0 unspecified atom stereocenters. The van der Waals surface area contributed by atoms with Crippen LogP contribution >= 0.6 is 0 Å². The van der Waals surface area contributed by atoms with E-state index in [9.17, 15) is 14.4 Å². The minimum atomic E-state index is -0.670. The van der Waals surface area contributed by atoms with Crippen LogP contribution in [0.15, 0.2) is 41.1 Å². The molecule has 3 rings (SSSR count). The maximum atomic E-state index is 12.3. The Morgan fingerprint density at radius 1 is 1.11 bits per heavy atom. The normalized spacial score (nSPS) is 13.9. The fourth-order valence-electron chi connectivity index (χ4n) is 2.81. The Balaban J connectivity index is 1.48. The van der Waals surface area contributed by atoms with E-state index in [2.05, 4.69) is 4.98 Å². The highest BCUT2D eigenvalue weighted by molar-refractivity contribution is 5.93. The molecule has 1 aliphatic rings. The minimum absolute atomic E-state index is 0.172. The van der Waals surface area contributed by atoms with Crippen molar-refractivity contribution in [3.05, 3.63) is 48.0 Å². The Bertz CT molecular complexity index is 828. The van der Waals surface area contributed by atoms with Crippen molar-refractivity contribution in [2.24, 2.45) is 0 Å². The molecule has 0 radical (unpaired) electrons. The first-order valence-electron chi connectivity index (χ1n) is 8.95. The lowest BCUT2D eigenvalue weighted by molar-refractivity contribution is -0.136. The molecule has 1 aliphatic heterocycles. The van der Waals surface area contributed by atoms with Crippen LogP contribution in [0.25, 0.3) is 0 Å². The molecule has 0 saturated carbocycles. The van der Waals surface area contributed by atoms with Crippen LogP contribution in [0.2, 0.25) is 0 Å².